The van der Waals surface area contributed by atoms with E-state index in [4.69, 9.17) is 23.7 Å². The van der Waals surface area contributed by atoms with Gasteiger partial charge in [0.15, 0.2) is 11.5 Å². The Hall–Kier alpha value is -3.72. The molecule has 0 bridgehead atoms. The van der Waals surface area contributed by atoms with Crippen LogP contribution in [0, 0.1) is 6.92 Å². The fraction of sp³-hybridized carbons (Fsp3) is 0.407. The third kappa shape index (κ3) is 5.11. The second kappa shape index (κ2) is 11.3. The molecule has 1 unspecified atom stereocenters. The van der Waals surface area contributed by atoms with E-state index in [1.807, 2.05) is 13.8 Å². The Labute approximate surface area is 211 Å². The molecule has 1 aliphatic rings. The molecule has 1 saturated heterocycles. The molecule has 3 rings (SSSR count). The van der Waals surface area contributed by atoms with Crippen LogP contribution in [0.1, 0.15) is 36.6 Å². The molecular formula is C27H33NO8. The van der Waals surface area contributed by atoms with Gasteiger partial charge in [0, 0.05) is 12.1 Å². The van der Waals surface area contributed by atoms with Gasteiger partial charge in [0.1, 0.15) is 11.5 Å². The first-order chi connectivity index (χ1) is 17.2. The highest BCUT2D eigenvalue weighted by molar-refractivity contribution is 6.46. The van der Waals surface area contributed by atoms with Gasteiger partial charge < -0.3 is 33.7 Å². The van der Waals surface area contributed by atoms with Crippen molar-refractivity contribution < 1.29 is 38.4 Å². The molecule has 0 radical (unpaired) electrons. The number of methoxy groups -OCH3 is 4. The Morgan fingerprint density at radius 1 is 0.972 bits per heavy atom. The van der Waals surface area contributed by atoms with Crippen LogP contribution in [0.15, 0.2) is 35.9 Å². The average molecular weight is 500 g/mol. The van der Waals surface area contributed by atoms with Crippen molar-refractivity contribution >= 4 is 17.4 Å². The highest BCUT2D eigenvalue weighted by atomic mass is 16.5. The number of amides is 1. The van der Waals surface area contributed by atoms with Crippen LogP contribution in [-0.2, 0) is 14.3 Å². The Morgan fingerprint density at radius 3 is 2.11 bits per heavy atom. The minimum absolute atomic E-state index is 0.0351. The Balaban J connectivity index is 2.24. The van der Waals surface area contributed by atoms with Crippen molar-refractivity contribution in [1.29, 1.82) is 0 Å². The van der Waals surface area contributed by atoms with Crippen molar-refractivity contribution in [3.63, 3.8) is 0 Å². The zero-order chi connectivity index (χ0) is 26.6. The highest BCUT2D eigenvalue weighted by Gasteiger charge is 2.46. The van der Waals surface area contributed by atoms with Gasteiger partial charge in [-0.25, -0.2) is 0 Å². The zero-order valence-corrected chi connectivity index (χ0v) is 21.7. The molecule has 1 atom stereocenters. The van der Waals surface area contributed by atoms with Crippen LogP contribution in [0.5, 0.6) is 23.0 Å². The number of aryl methyl sites for hydroxylation is 1. The van der Waals surface area contributed by atoms with E-state index in [1.54, 1.807) is 44.4 Å². The number of Topliss-reactive ketones (excluding diaryl/α,β-unsaturated/α-hetero) is 1. The van der Waals surface area contributed by atoms with Crippen molar-refractivity contribution in [3.8, 4) is 23.0 Å². The molecule has 1 fully saturated rings. The number of aliphatic hydroxyl groups excluding tert-OH is 1. The van der Waals surface area contributed by atoms with E-state index in [0.717, 1.165) is 0 Å². The first-order valence-corrected chi connectivity index (χ1v) is 11.5. The summed E-state index contributed by atoms with van der Waals surface area (Å²) in [5.74, 6) is -0.0984. The molecule has 9 heteroatoms. The molecule has 194 valence electrons. The molecule has 9 nitrogen and oxygen atoms in total. The van der Waals surface area contributed by atoms with Crippen LogP contribution in [-0.4, -0.2) is 69.4 Å². The topological polar surface area (TPSA) is 104 Å². The van der Waals surface area contributed by atoms with E-state index in [1.165, 1.54) is 26.2 Å². The van der Waals surface area contributed by atoms with Crippen LogP contribution in [0.25, 0.3) is 5.76 Å². The summed E-state index contributed by atoms with van der Waals surface area (Å²) in [6.45, 7) is 5.92. The smallest absolute Gasteiger partial charge is 0.295 e. The fourth-order valence-corrected chi connectivity index (χ4v) is 4.28. The summed E-state index contributed by atoms with van der Waals surface area (Å²) >= 11 is 0. The Kier molecular flexibility index (Phi) is 8.47. The van der Waals surface area contributed by atoms with E-state index < -0.39 is 17.7 Å². The second-order valence-corrected chi connectivity index (χ2v) is 8.55. The van der Waals surface area contributed by atoms with E-state index in [2.05, 4.69) is 0 Å². The molecule has 1 N–H and O–H groups in total. The lowest BCUT2D eigenvalue weighted by Crippen LogP contribution is -2.33. The van der Waals surface area contributed by atoms with E-state index >= 15 is 0 Å². The monoisotopic (exact) mass is 499 g/mol. The van der Waals surface area contributed by atoms with Gasteiger partial charge in [-0.1, -0.05) is 0 Å². The Bertz CT molecular complexity index is 1150. The zero-order valence-electron chi connectivity index (χ0n) is 21.7. The molecule has 1 heterocycles. The van der Waals surface area contributed by atoms with Crippen molar-refractivity contribution in [1.82, 2.24) is 4.90 Å². The van der Waals surface area contributed by atoms with Gasteiger partial charge in [0.05, 0.1) is 52.8 Å². The number of carbonyl (C=O) groups excluding carboxylic acids is 2. The quantitative estimate of drug-likeness (QED) is 0.299. The van der Waals surface area contributed by atoms with Crippen molar-refractivity contribution in [2.45, 2.75) is 32.9 Å². The number of carbonyl (C=O) groups is 2. The van der Waals surface area contributed by atoms with Crippen molar-refractivity contribution in [2.75, 3.05) is 41.6 Å². The highest BCUT2D eigenvalue weighted by Crippen LogP contribution is 2.45. The van der Waals surface area contributed by atoms with Crippen LogP contribution in [0.2, 0.25) is 0 Å². The first-order valence-electron chi connectivity index (χ1n) is 11.5. The van der Waals surface area contributed by atoms with Crippen molar-refractivity contribution in [2.24, 2.45) is 0 Å². The minimum atomic E-state index is -0.907. The largest absolute Gasteiger partial charge is 0.507 e. The molecular weight excluding hydrogens is 466 g/mol. The van der Waals surface area contributed by atoms with Crippen LogP contribution >= 0.6 is 0 Å². The summed E-state index contributed by atoms with van der Waals surface area (Å²) in [5, 5.41) is 11.4. The first kappa shape index (κ1) is 26.9. The number of ether oxygens (including phenoxy) is 5. The molecule has 1 aliphatic heterocycles. The molecule has 0 aromatic heterocycles. The van der Waals surface area contributed by atoms with Crippen LogP contribution < -0.4 is 18.9 Å². The van der Waals surface area contributed by atoms with E-state index in [-0.39, 0.29) is 30.6 Å². The predicted molar refractivity (Wildman–Crippen MR) is 134 cm³/mol. The summed E-state index contributed by atoms with van der Waals surface area (Å²) in [5.41, 5.74) is 1.59. The molecule has 36 heavy (non-hydrogen) atoms. The van der Waals surface area contributed by atoms with Gasteiger partial charge in [0.25, 0.3) is 11.7 Å². The fourth-order valence-electron chi connectivity index (χ4n) is 4.28. The summed E-state index contributed by atoms with van der Waals surface area (Å²) in [6.07, 6.45) is -0.0524. The lowest BCUT2D eigenvalue weighted by atomic mass is 9.93. The normalized spacial score (nSPS) is 17.0. The van der Waals surface area contributed by atoms with Gasteiger partial charge in [0.2, 0.25) is 5.75 Å². The molecule has 0 spiro atoms. The third-order valence-electron chi connectivity index (χ3n) is 6.01. The number of likely N-dealkylation sites (tertiary alicyclic amines) is 1. The number of benzene rings is 2. The lowest BCUT2D eigenvalue weighted by Gasteiger charge is -2.27. The lowest BCUT2D eigenvalue weighted by molar-refractivity contribution is -0.140. The molecule has 1 amide bonds. The maximum absolute atomic E-state index is 13.3. The Morgan fingerprint density at radius 2 is 1.61 bits per heavy atom. The molecule has 0 saturated carbocycles. The number of ketones is 1. The molecule has 2 aromatic rings. The number of aliphatic hydroxyl groups is 1. The van der Waals surface area contributed by atoms with E-state index in [9.17, 15) is 14.7 Å². The van der Waals surface area contributed by atoms with Crippen LogP contribution in [0.3, 0.4) is 0 Å². The van der Waals surface area contributed by atoms with Crippen LogP contribution in [0.4, 0.5) is 0 Å². The van der Waals surface area contributed by atoms with Gasteiger partial charge in [-0.05, 0) is 62.2 Å². The number of rotatable bonds is 10. The maximum atomic E-state index is 13.3. The predicted octanol–water partition coefficient (Wildman–Crippen LogP) is 3.88. The number of nitrogens with zero attached hydrogens (tertiary/aromatic N) is 1. The van der Waals surface area contributed by atoms with E-state index in [0.29, 0.717) is 39.7 Å². The second-order valence-electron chi connectivity index (χ2n) is 8.55. The molecule has 2 aromatic carbocycles. The van der Waals surface area contributed by atoms with Gasteiger partial charge >= 0.3 is 0 Å². The standard InChI is InChI=1S/C27H33NO8/c1-15(2)36-11-10-28-23(17-13-20(33-5)26(35-7)21(14-17)34-6)22(25(30)27(28)31)24(29)19-9-8-18(32-4)12-16(19)3/h8-9,12-15,23,29H,10-11H2,1-7H3/b24-22+. The summed E-state index contributed by atoms with van der Waals surface area (Å²) in [4.78, 5) is 27.9. The summed E-state index contributed by atoms with van der Waals surface area (Å²) < 4.78 is 27.3. The number of hydrogen-bond donors (Lipinski definition) is 1. The average Bonchev–Trinajstić information content (AvgIpc) is 3.12. The SMILES string of the molecule is COc1ccc(/C(O)=C2\C(=O)C(=O)N(CCOC(C)C)C2c2cc(OC)c(OC)c(OC)c2)c(C)c1. The third-order valence-corrected chi connectivity index (χ3v) is 6.01. The maximum Gasteiger partial charge on any atom is 0.295 e. The molecule has 0 aliphatic carbocycles. The summed E-state index contributed by atoms with van der Waals surface area (Å²) in [7, 11) is 6.00. The van der Waals surface area contributed by atoms with Crippen molar-refractivity contribution in [3.05, 3.63) is 52.6 Å². The minimum Gasteiger partial charge on any atom is -0.507 e. The number of hydrogen-bond acceptors (Lipinski definition) is 8. The van der Waals surface area contributed by atoms with Gasteiger partial charge in [-0.3, -0.25) is 9.59 Å². The van der Waals surface area contributed by atoms with Gasteiger partial charge in [-0.2, -0.15) is 0 Å². The van der Waals surface area contributed by atoms with Gasteiger partial charge in [-0.15, -0.1) is 0 Å². The summed E-state index contributed by atoms with van der Waals surface area (Å²) in [6, 6.07) is 7.52.